The van der Waals surface area contributed by atoms with Crippen molar-refractivity contribution in [2.75, 3.05) is 30.6 Å². The summed E-state index contributed by atoms with van der Waals surface area (Å²) in [5, 5.41) is 0. The summed E-state index contributed by atoms with van der Waals surface area (Å²) in [5.74, 6) is 0.686. The molecule has 0 bridgehead atoms. The maximum atomic E-state index is 13.8. The molecule has 1 fully saturated rings. The number of carbonyl (C=O) groups is 2. The summed E-state index contributed by atoms with van der Waals surface area (Å²) < 4.78 is 10.8. The lowest BCUT2D eigenvalue weighted by Crippen LogP contribution is -2.56. The molecule has 0 unspecified atom stereocenters. The number of para-hydroxylation sites is 1. The third-order valence-electron chi connectivity index (χ3n) is 5.42. The normalized spacial score (nSPS) is 16.4. The Hall–Kier alpha value is -3.80. The molecule has 0 aliphatic carbocycles. The van der Waals surface area contributed by atoms with Crippen molar-refractivity contribution in [3.63, 3.8) is 0 Å². The summed E-state index contributed by atoms with van der Waals surface area (Å²) in [6.45, 7) is 1.89. The van der Waals surface area contributed by atoms with E-state index in [-0.39, 0.29) is 18.4 Å². The van der Waals surface area contributed by atoms with Crippen LogP contribution in [0.25, 0.3) is 0 Å². The fourth-order valence-corrected chi connectivity index (χ4v) is 3.83. The van der Waals surface area contributed by atoms with Crippen LogP contribution in [0.15, 0.2) is 72.8 Å². The van der Waals surface area contributed by atoms with E-state index in [0.29, 0.717) is 22.9 Å². The van der Waals surface area contributed by atoms with E-state index < -0.39 is 6.04 Å². The monoisotopic (exact) mass is 416 g/mol. The summed E-state index contributed by atoms with van der Waals surface area (Å²) in [7, 11) is 3.09. The number of benzene rings is 3. The number of aryl methyl sites for hydroxylation is 1. The number of hydrogen-bond donors (Lipinski definition) is 0. The zero-order chi connectivity index (χ0) is 22.0. The fraction of sp³-hybridized carbons (Fsp3) is 0.200. The van der Waals surface area contributed by atoms with Crippen LogP contribution < -0.4 is 19.3 Å². The van der Waals surface area contributed by atoms with Gasteiger partial charge in [-0.05, 0) is 36.8 Å². The SMILES string of the molecule is COc1ccc(OC)c(N2CC(=O)N(c3ccccc3)[C@@H](c3ccc(C)cc3)C2=O)c1. The number of methoxy groups -OCH3 is 2. The number of hydrogen-bond acceptors (Lipinski definition) is 4. The van der Waals surface area contributed by atoms with Gasteiger partial charge in [0.1, 0.15) is 24.1 Å². The summed E-state index contributed by atoms with van der Waals surface area (Å²) in [5.41, 5.74) is 3.02. The molecule has 0 spiro atoms. The Morgan fingerprint density at radius 2 is 1.58 bits per heavy atom. The minimum absolute atomic E-state index is 0.0976. The molecule has 1 saturated heterocycles. The van der Waals surface area contributed by atoms with Crippen LogP contribution in [0.1, 0.15) is 17.2 Å². The van der Waals surface area contributed by atoms with Crippen molar-refractivity contribution in [2.24, 2.45) is 0 Å². The van der Waals surface area contributed by atoms with Gasteiger partial charge in [0.25, 0.3) is 5.91 Å². The predicted molar refractivity (Wildman–Crippen MR) is 120 cm³/mol. The minimum Gasteiger partial charge on any atom is -0.497 e. The van der Waals surface area contributed by atoms with Crippen LogP contribution in [0.2, 0.25) is 0 Å². The van der Waals surface area contributed by atoms with Gasteiger partial charge < -0.3 is 9.47 Å². The standard InChI is InChI=1S/C25H24N2O4/c1-17-9-11-18(12-10-17)24-25(29)26(21-15-20(30-2)13-14-22(21)31-3)16-23(28)27(24)19-7-5-4-6-8-19/h4-15,24H,16H2,1-3H3/t24-/m0/s1. The minimum atomic E-state index is -0.792. The lowest BCUT2D eigenvalue weighted by Gasteiger charge is -2.40. The first-order valence-corrected chi connectivity index (χ1v) is 10.0. The average Bonchev–Trinajstić information content (AvgIpc) is 2.81. The van der Waals surface area contributed by atoms with Crippen LogP contribution in [0.5, 0.6) is 11.5 Å². The molecule has 1 aliphatic rings. The van der Waals surface area contributed by atoms with Crippen molar-refractivity contribution in [2.45, 2.75) is 13.0 Å². The maximum absolute atomic E-state index is 13.8. The first kappa shape index (κ1) is 20.5. The third-order valence-corrected chi connectivity index (χ3v) is 5.42. The predicted octanol–water partition coefficient (Wildman–Crippen LogP) is 4.13. The number of nitrogens with zero attached hydrogens (tertiary/aromatic N) is 2. The summed E-state index contributed by atoms with van der Waals surface area (Å²) in [4.78, 5) is 30.3. The molecule has 0 radical (unpaired) electrons. The highest BCUT2D eigenvalue weighted by molar-refractivity contribution is 6.15. The highest BCUT2D eigenvalue weighted by Gasteiger charge is 2.42. The molecule has 1 aliphatic heterocycles. The first-order valence-electron chi connectivity index (χ1n) is 10.0. The number of anilines is 2. The van der Waals surface area contributed by atoms with Gasteiger partial charge in [0.2, 0.25) is 5.91 Å². The van der Waals surface area contributed by atoms with Gasteiger partial charge in [-0.1, -0.05) is 48.0 Å². The van der Waals surface area contributed by atoms with Crippen molar-refractivity contribution < 1.29 is 19.1 Å². The van der Waals surface area contributed by atoms with Crippen molar-refractivity contribution in [1.29, 1.82) is 0 Å². The van der Waals surface area contributed by atoms with Gasteiger partial charge in [0.05, 0.1) is 19.9 Å². The van der Waals surface area contributed by atoms with Gasteiger partial charge in [-0.2, -0.15) is 0 Å². The lowest BCUT2D eigenvalue weighted by molar-refractivity contribution is -0.128. The molecule has 3 aromatic rings. The highest BCUT2D eigenvalue weighted by atomic mass is 16.5. The van der Waals surface area contributed by atoms with Gasteiger partial charge in [0.15, 0.2) is 0 Å². The molecule has 6 heteroatoms. The van der Waals surface area contributed by atoms with Crippen LogP contribution in [-0.4, -0.2) is 32.6 Å². The molecule has 0 aromatic heterocycles. The molecule has 31 heavy (non-hydrogen) atoms. The molecule has 4 rings (SSSR count). The zero-order valence-corrected chi connectivity index (χ0v) is 17.7. The van der Waals surface area contributed by atoms with Gasteiger partial charge in [-0.25, -0.2) is 0 Å². The number of amides is 2. The largest absolute Gasteiger partial charge is 0.497 e. The van der Waals surface area contributed by atoms with Crippen LogP contribution >= 0.6 is 0 Å². The van der Waals surface area contributed by atoms with Crippen molar-refractivity contribution in [3.8, 4) is 11.5 Å². The smallest absolute Gasteiger partial charge is 0.255 e. The van der Waals surface area contributed by atoms with Gasteiger partial charge in [0, 0.05) is 11.8 Å². The highest BCUT2D eigenvalue weighted by Crippen LogP contribution is 2.39. The second kappa shape index (κ2) is 8.52. The molecule has 0 saturated carbocycles. The molecule has 158 valence electrons. The number of piperazine rings is 1. The van der Waals surface area contributed by atoms with E-state index in [1.54, 1.807) is 30.2 Å². The Bertz CT molecular complexity index is 1100. The average molecular weight is 416 g/mol. The number of carbonyl (C=O) groups excluding carboxylic acids is 2. The topological polar surface area (TPSA) is 59.1 Å². The van der Waals surface area contributed by atoms with E-state index in [2.05, 4.69) is 0 Å². The summed E-state index contributed by atoms with van der Waals surface area (Å²) in [6.07, 6.45) is 0. The number of ether oxygens (including phenoxy) is 2. The molecule has 3 aromatic carbocycles. The van der Waals surface area contributed by atoms with Crippen molar-refractivity contribution in [3.05, 3.63) is 83.9 Å². The summed E-state index contributed by atoms with van der Waals surface area (Å²) in [6, 6.07) is 21.4. The van der Waals surface area contributed by atoms with E-state index in [1.165, 1.54) is 12.0 Å². The maximum Gasteiger partial charge on any atom is 0.255 e. The van der Waals surface area contributed by atoms with Gasteiger partial charge in [-0.3, -0.25) is 19.4 Å². The molecule has 2 amide bonds. The van der Waals surface area contributed by atoms with Crippen LogP contribution in [-0.2, 0) is 9.59 Å². The van der Waals surface area contributed by atoms with E-state index in [9.17, 15) is 9.59 Å². The molecule has 1 atom stereocenters. The second-order valence-corrected chi connectivity index (χ2v) is 7.37. The van der Waals surface area contributed by atoms with Crippen molar-refractivity contribution >= 4 is 23.2 Å². The Kier molecular flexibility index (Phi) is 5.62. The van der Waals surface area contributed by atoms with Crippen LogP contribution in [0.4, 0.5) is 11.4 Å². The van der Waals surface area contributed by atoms with Crippen LogP contribution in [0.3, 0.4) is 0 Å². The third kappa shape index (κ3) is 3.84. The van der Waals surface area contributed by atoms with Gasteiger partial charge in [-0.15, -0.1) is 0 Å². The Balaban J connectivity index is 1.84. The van der Waals surface area contributed by atoms with Crippen molar-refractivity contribution in [1.82, 2.24) is 0 Å². The Morgan fingerprint density at radius 1 is 0.871 bits per heavy atom. The lowest BCUT2D eigenvalue weighted by atomic mass is 9.98. The van der Waals surface area contributed by atoms with E-state index >= 15 is 0 Å². The molecule has 6 nitrogen and oxygen atoms in total. The Labute approximate surface area is 181 Å². The molecular weight excluding hydrogens is 392 g/mol. The second-order valence-electron chi connectivity index (χ2n) is 7.37. The number of rotatable bonds is 5. The van der Waals surface area contributed by atoms with Crippen LogP contribution in [0, 0.1) is 6.92 Å². The molecule has 0 N–H and O–H groups in total. The van der Waals surface area contributed by atoms with E-state index in [0.717, 1.165) is 11.1 Å². The Morgan fingerprint density at radius 3 is 2.23 bits per heavy atom. The van der Waals surface area contributed by atoms with E-state index in [4.69, 9.17) is 9.47 Å². The summed E-state index contributed by atoms with van der Waals surface area (Å²) >= 11 is 0. The molecular formula is C25H24N2O4. The van der Waals surface area contributed by atoms with E-state index in [1.807, 2.05) is 61.5 Å². The zero-order valence-electron chi connectivity index (χ0n) is 17.7. The quantitative estimate of drug-likeness (QED) is 0.627. The molecule has 1 heterocycles. The first-order chi connectivity index (χ1) is 15.0. The fourth-order valence-electron chi connectivity index (χ4n) is 3.83. The van der Waals surface area contributed by atoms with Gasteiger partial charge >= 0.3 is 0 Å².